The van der Waals surface area contributed by atoms with Crippen molar-refractivity contribution in [3.8, 4) is 0 Å². The number of nitrogens with zero attached hydrogens (tertiary/aromatic N) is 1. The number of methoxy groups -OCH3 is 1. The van der Waals surface area contributed by atoms with E-state index in [0.29, 0.717) is 11.6 Å². The molecule has 2 rings (SSSR count). The largest absolute Gasteiger partial charge is 0.465 e. The minimum absolute atomic E-state index is 0.290. The maximum Gasteiger partial charge on any atom is 0.338 e. The highest BCUT2D eigenvalue weighted by atomic mass is 16.5. The van der Waals surface area contributed by atoms with Gasteiger partial charge in [-0.2, -0.15) is 0 Å². The third-order valence-corrected chi connectivity index (χ3v) is 4.83. The molecule has 0 atom stereocenters. The maximum absolute atomic E-state index is 11.9. The summed E-state index contributed by atoms with van der Waals surface area (Å²) in [6.45, 7) is 6.92. The molecule has 0 heterocycles. The number of carbonyl (C=O) groups is 1. The van der Waals surface area contributed by atoms with Crippen molar-refractivity contribution in [2.45, 2.75) is 58.1 Å². The average molecular weight is 305 g/mol. The molecule has 0 amide bonds. The van der Waals surface area contributed by atoms with Gasteiger partial charge in [0.05, 0.1) is 18.3 Å². The quantitative estimate of drug-likeness (QED) is 0.867. The van der Waals surface area contributed by atoms with Gasteiger partial charge in [-0.25, -0.2) is 4.79 Å². The minimum atomic E-state index is -0.529. The van der Waals surface area contributed by atoms with Crippen molar-refractivity contribution >= 4 is 11.7 Å². The van der Waals surface area contributed by atoms with Crippen LogP contribution in [0.2, 0.25) is 0 Å². The van der Waals surface area contributed by atoms with Crippen molar-refractivity contribution < 1.29 is 14.6 Å². The van der Waals surface area contributed by atoms with E-state index in [-0.39, 0.29) is 5.97 Å². The van der Waals surface area contributed by atoms with Gasteiger partial charge < -0.3 is 14.7 Å². The molecule has 0 unspecified atom stereocenters. The summed E-state index contributed by atoms with van der Waals surface area (Å²) in [5.74, 6) is -0.290. The van der Waals surface area contributed by atoms with Gasteiger partial charge in [-0.1, -0.05) is 6.07 Å². The lowest BCUT2D eigenvalue weighted by molar-refractivity contribution is 0.0171. The number of hydrogen-bond donors (Lipinski definition) is 1. The van der Waals surface area contributed by atoms with Crippen LogP contribution in [-0.2, 0) is 4.74 Å². The van der Waals surface area contributed by atoms with E-state index in [1.807, 2.05) is 26.0 Å². The number of ether oxygens (including phenoxy) is 1. The molecule has 0 aromatic heterocycles. The molecule has 0 saturated heterocycles. The Balaban J connectivity index is 2.27. The predicted octanol–water partition coefficient (Wildman–Crippen LogP) is 3.30. The highest BCUT2D eigenvalue weighted by molar-refractivity contribution is 5.92. The summed E-state index contributed by atoms with van der Waals surface area (Å²) in [5.41, 5.74) is 2.16. The molecule has 4 nitrogen and oxygen atoms in total. The van der Waals surface area contributed by atoms with E-state index in [4.69, 9.17) is 4.74 Å². The van der Waals surface area contributed by atoms with E-state index in [1.54, 1.807) is 0 Å². The first-order valence-corrected chi connectivity index (χ1v) is 8.06. The number of benzene rings is 1. The van der Waals surface area contributed by atoms with Crippen LogP contribution in [0.4, 0.5) is 5.69 Å². The van der Waals surface area contributed by atoms with Crippen molar-refractivity contribution in [3.63, 3.8) is 0 Å². The molecular weight excluding hydrogens is 278 g/mol. The monoisotopic (exact) mass is 305 g/mol. The Labute approximate surface area is 133 Å². The van der Waals surface area contributed by atoms with Crippen molar-refractivity contribution in [1.29, 1.82) is 0 Å². The number of rotatable bonds is 4. The van der Waals surface area contributed by atoms with E-state index in [9.17, 15) is 9.90 Å². The second-order valence-corrected chi connectivity index (χ2v) is 6.46. The molecule has 0 aliphatic heterocycles. The first-order chi connectivity index (χ1) is 10.4. The second-order valence-electron chi connectivity index (χ2n) is 6.46. The third kappa shape index (κ3) is 3.43. The van der Waals surface area contributed by atoms with Gasteiger partial charge in [0.25, 0.3) is 0 Å². The van der Waals surface area contributed by atoms with E-state index >= 15 is 0 Å². The molecule has 1 aliphatic rings. The zero-order chi connectivity index (χ0) is 16.3. The molecule has 1 fully saturated rings. The van der Waals surface area contributed by atoms with Crippen molar-refractivity contribution in [2.24, 2.45) is 0 Å². The van der Waals surface area contributed by atoms with Crippen LogP contribution in [0.3, 0.4) is 0 Å². The van der Waals surface area contributed by atoms with Crippen LogP contribution in [0.1, 0.15) is 55.5 Å². The van der Waals surface area contributed by atoms with Crippen molar-refractivity contribution in [3.05, 3.63) is 29.3 Å². The zero-order valence-corrected chi connectivity index (χ0v) is 14.1. The van der Waals surface area contributed by atoms with Crippen molar-refractivity contribution in [1.82, 2.24) is 0 Å². The summed E-state index contributed by atoms with van der Waals surface area (Å²) in [6.07, 6.45) is 3.60. The van der Waals surface area contributed by atoms with Crippen LogP contribution < -0.4 is 4.90 Å². The Morgan fingerprint density at radius 2 is 2.05 bits per heavy atom. The highest BCUT2D eigenvalue weighted by Crippen LogP contribution is 2.34. The summed E-state index contributed by atoms with van der Waals surface area (Å²) in [5, 5.41) is 10.1. The summed E-state index contributed by atoms with van der Waals surface area (Å²) in [4.78, 5) is 14.2. The number of carbonyl (C=O) groups excluding carboxylic acids is 1. The summed E-state index contributed by atoms with van der Waals surface area (Å²) in [6, 6.07) is 6.20. The van der Waals surface area contributed by atoms with Crippen LogP contribution >= 0.6 is 0 Å². The molecule has 22 heavy (non-hydrogen) atoms. The number of esters is 1. The Morgan fingerprint density at radius 3 is 2.59 bits per heavy atom. The Bertz CT molecular complexity index is 529. The Hall–Kier alpha value is -1.55. The Morgan fingerprint density at radius 1 is 1.41 bits per heavy atom. The number of hydrogen-bond acceptors (Lipinski definition) is 4. The lowest BCUT2D eigenvalue weighted by Gasteiger charge is -2.40. The highest BCUT2D eigenvalue weighted by Gasteiger charge is 2.32. The lowest BCUT2D eigenvalue weighted by Crippen LogP contribution is -2.42. The molecule has 1 saturated carbocycles. The van der Waals surface area contributed by atoms with Crippen LogP contribution in [0.15, 0.2) is 18.2 Å². The molecule has 122 valence electrons. The van der Waals surface area contributed by atoms with Crippen LogP contribution in [0.25, 0.3) is 0 Å². The van der Waals surface area contributed by atoms with E-state index in [0.717, 1.165) is 43.5 Å². The molecule has 0 bridgehead atoms. The van der Waals surface area contributed by atoms with Gasteiger partial charge in [-0.15, -0.1) is 0 Å². The first kappa shape index (κ1) is 16.8. The normalized spacial score (nSPS) is 24.9. The minimum Gasteiger partial charge on any atom is -0.465 e. The van der Waals surface area contributed by atoms with E-state index in [2.05, 4.69) is 17.9 Å². The molecular formula is C18H27NO3. The molecule has 1 aromatic carbocycles. The van der Waals surface area contributed by atoms with Gasteiger partial charge in [0, 0.05) is 18.3 Å². The van der Waals surface area contributed by atoms with Crippen molar-refractivity contribution in [2.75, 3.05) is 18.6 Å². The Kier molecular flexibility index (Phi) is 5.12. The SMILES string of the molecule is CCN(c1cccc(C(=O)OC)c1C)C1CCC(C)(O)CC1. The van der Waals surface area contributed by atoms with Crippen LogP contribution in [-0.4, -0.2) is 36.4 Å². The first-order valence-electron chi connectivity index (χ1n) is 8.06. The van der Waals surface area contributed by atoms with Gasteiger partial charge >= 0.3 is 5.97 Å². The molecule has 1 N–H and O–H groups in total. The van der Waals surface area contributed by atoms with Gasteiger partial charge in [0.2, 0.25) is 0 Å². The molecule has 4 heteroatoms. The van der Waals surface area contributed by atoms with Gasteiger partial charge in [-0.3, -0.25) is 0 Å². The van der Waals surface area contributed by atoms with E-state index in [1.165, 1.54) is 7.11 Å². The molecule has 1 aromatic rings. The topological polar surface area (TPSA) is 49.8 Å². The standard InChI is InChI=1S/C18H27NO3/c1-5-19(14-9-11-18(3,21)12-10-14)16-8-6-7-15(13(16)2)17(20)22-4/h6-8,14,21H,5,9-12H2,1-4H3. The van der Waals surface area contributed by atoms with Gasteiger partial charge in [0.1, 0.15) is 0 Å². The number of aliphatic hydroxyl groups is 1. The second kappa shape index (κ2) is 6.69. The summed E-state index contributed by atoms with van der Waals surface area (Å²) >= 11 is 0. The fraction of sp³-hybridized carbons (Fsp3) is 0.611. The summed E-state index contributed by atoms with van der Waals surface area (Å²) < 4.78 is 4.87. The van der Waals surface area contributed by atoms with Gasteiger partial charge in [-0.05, 0) is 64.2 Å². The fourth-order valence-electron chi connectivity index (χ4n) is 3.43. The average Bonchev–Trinajstić information content (AvgIpc) is 2.50. The predicted molar refractivity (Wildman–Crippen MR) is 88.4 cm³/mol. The lowest BCUT2D eigenvalue weighted by atomic mass is 9.82. The molecule has 0 spiro atoms. The van der Waals surface area contributed by atoms with E-state index < -0.39 is 5.60 Å². The van der Waals surface area contributed by atoms with Crippen LogP contribution in [0.5, 0.6) is 0 Å². The fourth-order valence-corrected chi connectivity index (χ4v) is 3.43. The maximum atomic E-state index is 11.9. The third-order valence-electron chi connectivity index (χ3n) is 4.83. The molecule has 1 aliphatic carbocycles. The zero-order valence-electron chi connectivity index (χ0n) is 14.1. The number of anilines is 1. The van der Waals surface area contributed by atoms with Gasteiger partial charge in [0.15, 0.2) is 0 Å². The summed E-state index contributed by atoms with van der Waals surface area (Å²) in [7, 11) is 1.41. The molecule has 0 radical (unpaired) electrons. The smallest absolute Gasteiger partial charge is 0.338 e. The van der Waals surface area contributed by atoms with Crippen LogP contribution in [0, 0.1) is 6.92 Å².